The fraction of sp³-hybridized carbons (Fsp3) is 0.236. The molecule has 0 N–H and O–H groups in total. The van der Waals surface area contributed by atoms with Gasteiger partial charge in [-0.15, -0.1) is 28.8 Å². The van der Waals surface area contributed by atoms with E-state index in [4.69, 9.17) is 0 Å². The number of fused-ring (bicyclic) bond motifs is 3. The second-order valence-corrected chi connectivity index (χ2v) is 19.0. The molecule has 3 heteroatoms. The fourth-order valence-corrected chi connectivity index (χ4v) is 8.40. The van der Waals surface area contributed by atoms with E-state index < -0.39 is 0 Å². The Morgan fingerprint density at radius 3 is 1.47 bits per heavy atom. The maximum absolute atomic E-state index is 3.91. The van der Waals surface area contributed by atoms with Gasteiger partial charge in [0.1, 0.15) is 0 Å². The van der Waals surface area contributed by atoms with Crippen molar-refractivity contribution in [3.05, 3.63) is 208 Å². The summed E-state index contributed by atoms with van der Waals surface area (Å²) in [5, 5.41) is 0. The van der Waals surface area contributed by atoms with Crippen molar-refractivity contribution in [2.45, 2.75) is 85.5 Å². The van der Waals surface area contributed by atoms with Gasteiger partial charge in [0.2, 0.25) is 0 Å². The first-order valence-electron chi connectivity index (χ1n) is 20.0. The molecule has 0 nitrogen and oxygen atoms in total. The second-order valence-electron chi connectivity index (χ2n) is 17.3. The molecule has 0 amide bonds. The number of rotatable bonds is 6. The maximum Gasteiger partial charge on any atom is -0.172 e. The van der Waals surface area contributed by atoms with Gasteiger partial charge in [0.15, 0.2) is 0 Å². The zero-order valence-electron chi connectivity index (χ0n) is 35.4. The van der Waals surface area contributed by atoms with E-state index in [0.29, 0.717) is 0 Å². The van der Waals surface area contributed by atoms with Crippen LogP contribution in [0.2, 0.25) is 0 Å². The topological polar surface area (TPSA) is 0 Å². The van der Waals surface area contributed by atoms with E-state index in [-0.39, 0.29) is 35.6 Å². The van der Waals surface area contributed by atoms with Crippen LogP contribution >= 0.6 is 0 Å². The smallest absolute Gasteiger partial charge is 0.172 e. The van der Waals surface area contributed by atoms with Crippen molar-refractivity contribution in [1.29, 1.82) is 0 Å². The van der Waals surface area contributed by atoms with E-state index in [9.17, 15) is 0 Å². The minimum Gasteiger partial charge on any atom is -0.214 e. The molecule has 7 aromatic rings. The molecule has 0 fully saturated rings. The first-order valence-corrected chi connectivity index (χ1v) is 21.2. The molecule has 8 rings (SSSR count). The van der Waals surface area contributed by atoms with Crippen LogP contribution in [0.1, 0.15) is 86.1 Å². The average molecular weight is 879 g/mol. The molecule has 0 aliphatic heterocycles. The van der Waals surface area contributed by atoms with E-state index in [1.165, 1.54) is 77.9 Å². The zero-order chi connectivity index (χ0) is 39.9. The predicted octanol–water partition coefficient (Wildman–Crippen LogP) is 8.21. The molecule has 7 aromatic carbocycles. The normalized spacial score (nSPS) is 11.3. The van der Waals surface area contributed by atoms with Gasteiger partial charge in [-0.1, -0.05) is 130 Å². The molecule has 0 atom stereocenters. The zero-order valence-corrected chi connectivity index (χ0v) is 39.4. The molecule has 0 saturated heterocycles. The Balaban J connectivity index is 0.000000268. The van der Waals surface area contributed by atoms with Crippen LogP contribution in [0.5, 0.6) is 0 Å². The molecule has 0 aromatic heterocycles. The minimum atomic E-state index is 0. The Hall–Kier alpha value is -4.00. The third-order valence-corrected chi connectivity index (χ3v) is 11.3. The quantitative estimate of drug-likeness (QED) is 0.148. The van der Waals surface area contributed by atoms with E-state index >= 15 is 0 Å². The summed E-state index contributed by atoms with van der Waals surface area (Å²) in [5.41, 5.74) is 19.0. The summed E-state index contributed by atoms with van der Waals surface area (Å²) in [6.07, 6.45) is 3.18. The van der Waals surface area contributed by atoms with E-state index in [1.807, 2.05) is 30.3 Å². The van der Waals surface area contributed by atoms with Crippen molar-refractivity contribution in [2.75, 3.05) is 0 Å². The van der Waals surface area contributed by atoms with Crippen LogP contribution in [-0.4, -0.2) is 3.21 Å². The Bertz CT molecular complexity index is 2170. The summed E-state index contributed by atoms with van der Waals surface area (Å²) < 4.78 is 1.60. The van der Waals surface area contributed by atoms with Gasteiger partial charge in [-0.05, 0) is 53.4 Å². The van der Waals surface area contributed by atoms with Gasteiger partial charge in [0.25, 0.3) is 0 Å². The predicted molar refractivity (Wildman–Crippen MR) is 239 cm³/mol. The number of halogens is 2. The number of aryl methyl sites for hydroxylation is 2. The monoisotopic (exact) mass is 876 g/mol. The Labute approximate surface area is 376 Å². The number of benzene rings is 6. The molecule has 58 heavy (non-hydrogen) atoms. The van der Waals surface area contributed by atoms with Gasteiger partial charge in [-0.2, -0.15) is 18.2 Å². The van der Waals surface area contributed by atoms with E-state index in [2.05, 4.69) is 189 Å². The molecule has 0 spiro atoms. The molecule has 0 unspecified atom stereocenters. The van der Waals surface area contributed by atoms with Crippen molar-refractivity contribution in [3.8, 4) is 33.4 Å². The van der Waals surface area contributed by atoms with Crippen molar-refractivity contribution in [3.63, 3.8) is 0 Å². The number of hydrogen-bond acceptors (Lipinski definition) is 0. The first kappa shape index (κ1) is 46.7. The van der Waals surface area contributed by atoms with Gasteiger partial charge in [0.05, 0.1) is 0 Å². The van der Waals surface area contributed by atoms with Crippen LogP contribution in [-0.2, 0) is 54.3 Å². The van der Waals surface area contributed by atoms with Gasteiger partial charge < -0.3 is 24.8 Å². The van der Waals surface area contributed by atoms with Crippen LogP contribution in [0.25, 0.3) is 33.4 Å². The molecule has 0 heterocycles. The third-order valence-electron chi connectivity index (χ3n) is 10.5. The average Bonchev–Trinajstić information content (AvgIpc) is 3.87. The molecule has 0 saturated carbocycles. The van der Waals surface area contributed by atoms with Crippen LogP contribution in [0.15, 0.2) is 158 Å². The van der Waals surface area contributed by atoms with Crippen molar-refractivity contribution in [2.24, 2.45) is 0 Å². The number of hydrogen-bond donors (Lipinski definition) is 0. The Kier molecular flexibility index (Phi) is 16.7. The molecule has 1 aliphatic carbocycles. The molecule has 296 valence electrons. The summed E-state index contributed by atoms with van der Waals surface area (Å²) in [4.78, 5) is 0. The maximum atomic E-state index is 3.91. The summed E-state index contributed by atoms with van der Waals surface area (Å²) in [6.45, 7) is 18.2. The van der Waals surface area contributed by atoms with Crippen LogP contribution in [0.4, 0.5) is 0 Å². The summed E-state index contributed by atoms with van der Waals surface area (Å²) in [7, 11) is 0. The third kappa shape index (κ3) is 12.3. The SMILES string of the molecule is Cc1ccc(-c2[c-]c3c(cc2C(C)(C)C)-c2cc(C(C)(C)C)c(-c4ccc(C)cc4)cc2C3)cc1.[Cl-].[Cl-].[Zr+2]=[C](Cc1ccccc1)Cc1ccccc1.c1cc[cH-]c1. The molecular formula is C55H56Cl2Zr-2. The fourth-order valence-electron chi connectivity index (χ4n) is 7.40. The first-order chi connectivity index (χ1) is 26.8. The van der Waals surface area contributed by atoms with Gasteiger partial charge in [-0.3, -0.25) is 0 Å². The summed E-state index contributed by atoms with van der Waals surface area (Å²) in [5.74, 6) is 0. The van der Waals surface area contributed by atoms with Gasteiger partial charge in [0, 0.05) is 0 Å². The summed E-state index contributed by atoms with van der Waals surface area (Å²) >= 11 is 1.55. The largest absolute Gasteiger partial charge is 0.214 e. The van der Waals surface area contributed by atoms with Crippen LogP contribution < -0.4 is 24.8 Å². The van der Waals surface area contributed by atoms with Crippen molar-refractivity contribution >= 4 is 3.21 Å². The van der Waals surface area contributed by atoms with Crippen molar-refractivity contribution < 1.29 is 49.0 Å². The van der Waals surface area contributed by atoms with E-state index in [0.717, 1.165) is 19.3 Å². The molecule has 0 radical (unpaired) electrons. The minimum absolute atomic E-state index is 0. The summed E-state index contributed by atoms with van der Waals surface area (Å²) in [6, 6.07) is 60.6. The molecule has 0 bridgehead atoms. The standard InChI is InChI=1S/C35H37.C15H14.C5H5.2ClH.Zr/c1-22-9-13-24(14-10-22)30-18-26-17-27-19-31(25-15-11-23(2)12-16-25)33(35(6,7)8)21-29(27)28(26)20-32(30)34(3,4)5;1-3-8-14(9-4-1)12-7-13-15-10-5-2-6-11-15;1-2-4-5-3-1;;;/h9-16,18,20-21H,17H2,1-8H3;1-6,8-11H,12-13H2;1-5H;2*1H;/q-1;;-1;;;+2/p-2. The van der Waals surface area contributed by atoms with E-state index in [1.54, 1.807) is 27.4 Å². The van der Waals surface area contributed by atoms with Crippen LogP contribution in [0.3, 0.4) is 0 Å². The molecular weight excluding hydrogens is 823 g/mol. The van der Waals surface area contributed by atoms with Crippen LogP contribution in [0, 0.1) is 19.9 Å². The second kappa shape index (κ2) is 20.8. The van der Waals surface area contributed by atoms with Crippen molar-refractivity contribution in [1.82, 2.24) is 0 Å². The Morgan fingerprint density at radius 1 is 0.552 bits per heavy atom. The van der Waals surface area contributed by atoms with Gasteiger partial charge in [-0.25, -0.2) is 12.1 Å². The Morgan fingerprint density at radius 2 is 1.02 bits per heavy atom. The molecule has 1 aliphatic rings. The van der Waals surface area contributed by atoms with Gasteiger partial charge >= 0.3 is 112 Å².